The molecule has 0 saturated heterocycles. The molecule has 0 heterocycles. The Morgan fingerprint density at radius 1 is 0.833 bits per heavy atom. The number of nitrogens with zero attached hydrogens (tertiary/aromatic N) is 2. The van der Waals surface area contributed by atoms with E-state index in [1.165, 1.54) is 0 Å². The standard InChI is InChI=1S/C13H31N2O2P/c1-6-11-17-18(16,12-14(7-2)8-3)13-15(9-4)10-5/h6-13H2,1-5H3. The maximum absolute atomic E-state index is 12.9. The van der Waals surface area contributed by atoms with E-state index in [1.807, 2.05) is 0 Å². The van der Waals surface area contributed by atoms with Gasteiger partial charge in [-0.15, -0.1) is 0 Å². The van der Waals surface area contributed by atoms with Crippen LogP contribution in [0, 0.1) is 0 Å². The van der Waals surface area contributed by atoms with Gasteiger partial charge in [-0.3, -0.25) is 14.4 Å². The highest BCUT2D eigenvalue weighted by molar-refractivity contribution is 7.58. The van der Waals surface area contributed by atoms with Crippen molar-refractivity contribution in [1.82, 2.24) is 9.80 Å². The van der Waals surface area contributed by atoms with E-state index in [-0.39, 0.29) is 0 Å². The fourth-order valence-corrected chi connectivity index (χ4v) is 4.63. The van der Waals surface area contributed by atoms with Gasteiger partial charge >= 0.3 is 0 Å². The summed E-state index contributed by atoms with van der Waals surface area (Å²) in [7, 11) is -2.56. The van der Waals surface area contributed by atoms with Crippen LogP contribution in [0.5, 0.6) is 0 Å². The molecule has 0 fully saturated rings. The van der Waals surface area contributed by atoms with Crippen LogP contribution in [0.15, 0.2) is 0 Å². The molecule has 0 atom stereocenters. The van der Waals surface area contributed by atoms with Crippen LogP contribution in [-0.4, -0.2) is 55.2 Å². The Kier molecular flexibility index (Phi) is 10.0. The monoisotopic (exact) mass is 278 g/mol. The third-order valence-corrected chi connectivity index (χ3v) is 5.47. The number of rotatable bonds is 11. The first-order valence-electron chi connectivity index (χ1n) is 7.22. The van der Waals surface area contributed by atoms with Crippen molar-refractivity contribution in [1.29, 1.82) is 0 Å². The second kappa shape index (κ2) is 9.96. The summed E-state index contributed by atoms with van der Waals surface area (Å²) in [5.74, 6) is 0. The molecule has 0 aliphatic heterocycles. The van der Waals surface area contributed by atoms with Crippen molar-refractivity contribution in [3.05, 3.63) is 0 Å². The normalized spacial score (nSPS) is 12.6. The van der Waals surface area contributed by atoms with Gasteiger partial charge in [0.2, 0.25) is 7.37 Å². The molecule has 4 nitrogen and oxygen atoms in total. The Hall–Kier alpha value is 0.110. The zero-order chi connectivity index (χ0) is 14.0. The predicted molar refractivity (Wildman–Crippen MR) is 79.4 cm³/mol. The smallest absolute Gasteiger partial charge is 0.230 e. The van der Waals surface area contributed by atoms with Gasteiger partial charge in [0.05, 0.1) is 19.2 Å². The summed E-state index contributed by atoms with van der Waals surface area (Å²) in [5.41, 5.74) is 0. The van der Waals surface area contributed by atoms with Gasteiger partial charge in [0.25, 0.3) is 0 Å². The van der Waals surface area contributed by atoms with E-state index in [2.05, 4.69) is 44.4 Å². The molecule has 18 heavy (non-hydrogen) atoms. The van der Waals surface area contributed by atoms with Crippen molar-refractivity contribution in [3.8, 4) is 0 Å². The fourth-order valence-electron chi connectivity index (χ4n) is 1.84. The lowest BCUT2D eigenvalue weighted by Gasteiger charge is -2.29. The lowest BCUT2D eigenvalue weighted by atomic mass is 10.5. The first kappa shape index (κ1) is 18.1. The molecule has 0 aromatic heterocycles. The molecule has 0 bridgehead atoms. The first-order valence-corrected chi connectivity index (χ1v) is 9.21. The summed E-state index contributed by atoms with van der Waals surface area (Å²) < 4.78 is 18.6. The molecule has 0 saturated carbocycles. The van der Waals surface area contributed by atoms with Crippen molar-refractivity contribution >= 4 is 7.37 Å². The minimum Gasteiger partial charge on any atom is -0.327 e. The number of hydrogen-bond donors (Lipinski definition) is 0. The van der Waals surface area contributed by atoms with Crippen molar-refractivity contribution in [2.24, 2.45) is 0 Å². The minimum absolute atomic E-state index is 0.580. The van der Waals surface area contributed by atoms with E-state index in [0.29, 0.717) is 19.2 Å². The van der Waals surface area contributed by atoms with Gasteiger partial charge in [-0.1, -0.05) is 34.6 Å². The molecule has 0 aliphatic carbocycles. The molecule has 0 amide bonds. The quantitative estimate of drug-likeness (QED) is 0.543. The van der Waals surface area contributed by atoms with Crippen LogP contribution < -0.4 is 0 Å². The molecule has 0 aliphatic rings. The van der Waals surface area contributed by atoms with Gasteiger partial charge in [-0.25, -0.2) is 0 Å². The molecule has 110 valence electrons. The van der Waals surface area contributed by atoms with Gasteiger partial charge < -0.3 is 4.52 Å². The highest BCUT2D eigenvalue weighted by Gasteiger charge is 2.27. The molecule has 0 rings (SSSR count). The molecule has 0 aromatic carbocycles. The van der Waals surface area contributed by atoms with E-state index >= 15 is 0 Å². The third-order valence-electron chi connectivity index (χ3n) is 3.15. The van der Waals surface area contributed by atoms with Crippen LogP contribution in [0.1, 0.15) is 41.0 Å². The highest BCUT2D eigenvalue weighted by Crippen LogP contribution is 2.48. The summed E-state index contributed by atoms with van der Waals surface area (Å²) in [4.78, 5) is 4.39. The van der Waals surface area contributed by atoms with Gasteiger partial charge in [-0.2, -0.15) is 0 Å². The zero-order valence-electron chi connectivity index (χ0n) is 12.8. The molecule has 5 heteroatoms. The lowest BCUT2D eigenvalue weighted by molar-refractivity contribution is 0.256. The Balaban J connectivity index is 4.64. The minimum atomic E-state index is -2.56. The molecule has 0 N–H and O–H groups in total. The van der Waals surface area contributed by atoms with E-state index < -0.39 is 7.37 Å². The largest absolute Gasteiger partial charge is 0.327 e. The van der Waals surface area contributed by atoms with E-state index in [1.54, 1.807) is 0 Å². The number of hydrogen-bond acceptors (Lipinski definition) is 4. The predicted octanol–water partition coefficient (Wildman–Crippen LogP) is 3.29. The van der Waals surface area contributed by atoms with Crippen molar-refractivity contribution in [2.75, 3.05) is 45.4 Å². The topological polar surface area (TPSA) is 32.8 Å². The van der Waals surface area contributed by atoms with Crippen molar-refractivity contribution < 1.29 is 9.09 Å². The SMILES string of the molecule is CCCOP(=O)(CN(CC)CC)CN(CC)CC. The van der Waals surface area contributed by atoms with Crippen LogP contribution >= 0.6 is 7.37 Å². The first-order chi connectivity index (χ1) is 8.55. The molecule has 0 aromatic rings. The van der Waals surface area contributed by atoms with E-state index in [9.17, 15) is 4.57 Å². The van der Waals surface area contributed by atoms with Crippen LogP contribution in [0.25, 0.3) is 0 Å². The van der Waals surface area contributed by atoms with Crippen LogP contribution in [0.3, 0.4) is 0 Å². The molecule has 0 radical (unpaired) electrons. The summed E-state index contributed by atoms with van der Waals surface area (Å²) in [6.45, 7) is 14.8. The molecule has 0 spiro atoms. The average molecular weight is 278 g/mol. The van der Waals surface area contributed by atoms with Crippen molar-refractivity contribution in [3.63, 3.8) is 0 Å². The summed E-state index contributed by atoms with van der Waals surface area (Å²) >= 11 is 0. The van der Waals surface area contributed by atoms with Gasteiger partial charge in [0, 0.05) is 0 Å². The van der Waals surface area contributed by atoms with Gasteiger partial charge in [0.15, 0.2) is 0 Å². The maximum Gasteiger partial charge on any atom is 0.230 e. The van der Waals surface area contributed by atoms with Crippen LogP contribution in [-0.2, 0) is 9.09 Å². The fraction of sp³-hybridized carbons (Fsp3) is 1.00. The average Bonchev–Trinajstić information content (AvgIpc) is 2.40. The maximum atomic E-state index is 12.9. The van der Waals surface area contributed by atoms with E-state index in [4.69, 9.17) is 4.52 Å². The Labute approximate surface area is 113 Å². The summed E-state index contributed by atoms with van der Waals surface area (Å²) in [6, 6.07) is 0. The van der Waals surface area contributed by atoms with Gasteiger partial charge in [0.1, 0.15) is 0 Å². The lowest BCUT2D eigenvalue weighted by Crippen LogP contribution is -2.30. The van der Waals surface area contributed by atoms with Crippen LogP contribution in [0.4, 0.5) is 0 Å². The van der Waals surface area contributed by atoms with Crippen molar-refractivity contribution in [2.45, 2.75) is 41.0 Å². The third kappa shape index (κ3) is 6.89. The van der Waals surface area contributed by atoms with Gasteiger partial charge in [-0.05, 0) is 32.6 Å². The Morgan fingerprint density at radius 3 is 1.50 bits per heavy atom. The van der Waals surface area contributed by atoms with E-state index in [0.717, 1.165) is 32.6 Å². The Bertz CT molecular complexity index is 223. The molecule has 0 unspecified atom stereocenters. The highest BCUT2D eigenvalue weighted by atomic mass is 31.2. The summed E-state index contributed by atoms with van der Waals surface area (Å²) in [5, 5.41) is 0. The second-order valence-electron chi connectivity index (χ2n) is 4.54. The second-order valence-corrected chi connectivity index (χ2v) is 6.99. The zero-order valence-corrected chi connectivity index (χ0v) is 13.7. The molecular weight excluding hydrogens is 247 g/mol. The summed E-state index contributed by atoms with van der Waals surface area (Å²) in [6.07, 6.45) is 2.08. The van der Waals surface area contributed by atoms with Crippen LogP contribution in [0.2, 0.25) is 0 Å². The Morgan fingerprint density at radius 2 is 1.22 bits per heavy atom. The molecular formula is C13H31N2O2P.